The number of morpholine rings is 1. The number of hydrogen-bond donors (Lipinski definition) is 0. The Hall–Kier alpha value is -1.55. The van der Waals surface area contributed by atoms with Crippen LogP contribution >= 0.6 is 0 Å². The molecule has 1 aliphatic rings. The second-order valence-corrected chi connectivity index (χ2v) is 5.06. The first kappa shape index (κ1) is 13.9. The average molecular weight is 263 g/mol. The summed E-state index contributed by atoms with van der Waals surface area (Å²) >= 11 is 0. The zero-order valence-electron chi connectivity index (χ0n) is 11.8. The molecule has 0 aliphatic carbocycles. The van der Waals surface area contributed by atoms with Gasteiger partial charge in [0.15, 0.2) is 0 Å². The molecule has 4 nitrogen and oxygen atoms in total. The van der Waals surface area contributed by atoms with E-state index in [1.54, 1.807) is 7.11 Å². The van der Waals surface area contributed by atoms with E-state index in [0.29, 0.717) is 19.6 Å². The van der Waals surface area contributed by atoms with Crippen molar-refractivity contribution >= 4 is 5.91 Å². The molecule has 4 heteroatoms. The molecule has 19 heavy (non-hydrogen) atoms. The Morgan fingerprint density at radius 3 is 2.68 bits per heavy atom. The summed E-state index contributed by atoms with van der Waals surface area (Å²) < 4.78 is 10.7. The lowest BCUT2D eigenvalue weighted by Gasteiger charge is -2.36. The fourth-order valence-electron chi connectivity index (χ4n) is 2.27. The molecular weight excluding hydrogens is 242 g/mol. The Morgan fingerprint density at radius 1 is 1.37 bits per heavy atom. The fraction of sp³-hybridized carbons (Fsp3) is 0.533. The summed E-state index contributed by atoms with van der Waals surface area (Å²) in [7, 11) is 1.64. The molecule has 0 spiro atoms. The third-order valence-corrected chi connectivity index (χ3v) is 3.44. The van der Waals surface area contributed by atoms with Gasteiger partial charge in [-0.05, 0) is 31.5 Å². The maximum absolute atomic E-state index is 12.3. The van der Waals surface area contributed by atoms with Crippen molar-refractivity contribution < 1.29 is 14.3 Å². The molecule has 1 fully saturated rings. The van der Waals surface area contributed by atoms with Gasteiger partial charge in [-0.3, -0.25) is 4.79 Å². The van der Waals surface area contributed by atoms with Crippen LogP contribution in [0.5, 0.6) is 5.75 Å². The second-order valence-electron chi connectivity index (χ2n) is 5.06. The Morgan fingerprint density at radius 2 is 2.05 bits per heavy atom. The van der Waals surface area contributed by atoms with Crippen molar-refractivity contribution in [1.82, 2.24) is 4.90 Å². The molecule has 0 radical (unpaired) electrons. The molecule has 1 saturated heterocycles. The predicted octanol–water partition coefficient (Wildman–Crippen LogP) is 1.87. The molecule has 0 N–H and O–H groups in total. The van der Waals surface area contributed by atoms with E-state index in [1.807, 2.05) is 43.0 Å². The molecule has 2 rings (SSSR count). The summed E-state index contributed by atoms with van der Waals surface area (Å²) in [4.78, 5) is 14.2. The van der Waals surface area contributed by atoms with Crippen molar-refractivity contribution in [3.8, 4) is 5.75 Å². The lowest BCUT2D eigenvalue weighted by Crippen LogP contribution is -2.50. The molecule has 1 aliphatic heterocycles. The summed E-state index contributed by atoms with van der Waals surface area (Å²) in [5.41, 5.74) is 1.01. The van der Waals surface area contributed by atoms with Gasteiger partial charge in [0.2, 0.25) is 5.91 Å². The number of rotatable bonds is 3. The van der Waals surface area contributed by atoms with E-state index in [9.17, 15) is 4.79 Å². The molecule has 2 atom stereocenters. The first-order valence-corrected chi connectivity index (χ1v) is 6.64. The van der Waals surface area contributed by atoms with Gasteiger partial charge < -0.3 is 14.4 Å². The minimum Gasteiger partial charge on any atom is -0.497 e. The van der Waals surface area contributed by atoms with Crippen LogP contribution in [0.25, 0.3) is 0 Å². The third-order valence-electron chi connectivity index (χ3n) is 3.44. The van der Waals surface area contributed by atoms with E-state index in [0.717, 1.165) is 11.3 Å². The first-order valence-electron chi connectivity index (χ1n) is 6.64. The second kappa shape index (κ2) is 6.06. The van der Waals surface area contributed by atoms with Gasteiger partial charge in [0.25, 0.3) is 0 Å². The number of carbonyl (C=O) groups is 1. The Bertz CT molecular complexity index is 430. The zero-order chi connectivity index (χ0) is 13.8. The minimum atomic E-state index is 0.121. The van der Waals surface area contributed by atoms with Gasteiger partial charge in [-0.15, -0.1) is 0 Å². The van der Waals surface area contributed by atoms with Crippen LogP contribution in [0.1, 0.15) is 19.4 Å². The van der Waals surface area contributed by atoms with Crippen LogP contribution in [0.2, 0.25) is 0 Å². The molecule has 2 unspecified atom stereocenters. The molecule has 1 aromatic rings. The van der Waals surface area contributed by atoms with Crippen molar-refractivity contribution in [1.29, 1.82) is 0 Å². The first-order chi connectivity index (χ1) is 9.10. The highest BCUT2D eigenvalue weighted by atomic mass is 16.5. The lowest BCUT2D eigenvalue weighted by molar-refractivity contribution is -0.142. The maximum Gasteiger partial charge on any atom is 0.227 e. The Balaban J connectivity index is 1.99. The number of methoxy groups -OCH3 is 1. The smallest absolute Gasteiger partial charge is 0.227 e. The van der Waals surface area contributed by atoms with E-state index in [2.05, 4.69) is 0 Å². The Labute approximate surface area is 114 Å². The number of nitrogens with zero attached hydrogens (tertiary/aromatic N) is 1. The number of hydrogen-bond acceptors (Lipinski definition) is 3. The maximum atomic E-state index is 12.3. The van der Waals surface area contributed by atoms with Crippen LogP contribution in [0.3, 0.4) is 0 Å². The van der Waals surface area contributed by atoms with E-state index < -0.39 is 0 Å². The van der Waals surface area contributed by atoms with Gasteiger partial charge in [-0.25, -0.2) is 0 Å². The fourth-order valence-corrected chi connectivity index (χ4v) is 2.27. The minimum absolute atomic E-state index is 0.121. The van der Waals surface area contributed by atoms with E-state index in [1.165, 1.54) is 0 Å². The van der Waals surface area contributed by atoms with Crippen molar-refractivity contribution in [2.75, 3.05) is 20.3 Å². The molecule has 0 saturated carbocycles. The third kappa shape index (κ3) is 3.47. The largest absolute Gasteiger partial charge is 0.497 e. The number of carbonyl (C=O) groups excluding carboxylic acids is 1. The van der Waals surface area contributed by atoms with Crippen LogP contribution in [0.4, 0.5) is 0 Å². The van der Waals surface area contributed by atoms with Crippen LogP contribution in [0.15, 0.2) is 24.3 Å². The number of ether oxygens (including phenoxy) is 2. The summed E-state index contributed by atoms with van der Waals surface area (Å²) in [6, 6.07) is 7.79. The van der Waals surface area contributed by atoms with Crippen LogP contribution in [-0.2, 0) is 16.0 Å². The summed E-state index contributed by atoms with van der Waals surface area (Å²) in [5.74, 6) is 0.970. The molecule has 104 valence electrons. The summed E-state index contributed by atoms with van der Waals surface area (Å²) in [6.07, 6.45) is 0.553. The molecule has 1 heterocycles. The van der Waals surface area contributed by atoms with Crippen molar-refractivity contribution in [2.24, 2.45) is 0 Å². The average Bonchev–Trinajstić information content (AvgIpc) is 2.42. The standard InChI is InChI=1S/C15H21NO3/c1-11-10-19-12(2)9-16(11)15(17)8-13-4-6-14(18-3)7-5-13/h4-7,11-12H,8-10H2,1-3H3. The van der Waals surface area contributed by atoms with Crippen LogP contribution in [0, 0.1) is 0 Å². The summed E-state index contributed by atoms with van der Waals surface area (Å²) in [5, 5.41) is 0. The quantitative estimate of drug-likeness (QED) is 0.835. The molecule has 1 amide bonds. The van der Waals surface area contributed by atoms with Gasteiger partial charge in [-0.2, -0.15) is 0 Å². The molecule has 0 aromatic heterocycles. The van der Waals surface area contributed by atoms with Crippen molar-refractivity contribution in [3.63, 3.8) is 0 Å². The predicted molar refractivity (Wildman–Crippen MR) is 73.3 cm³/mol. The highest BCUT2D eigenvalue weighted by Gasteiger charge is 2.27. The molecule has 0 bridgehead atoms. The van der Waals surface area contributed by atoms with Crippen molar-refractivity contribution in [3.05, 3.63) is 29.8 Å². The zero-order valence-corrected chi connectivity index (χ0v) is 11.8. The topological polar surface area (TPSA) is 38.8 Å². The summed E-state index contributed by atoms with van der Waals surface area (Å²) in [6.45, 7) is 5.32. The normalized spacial score (nSPS) is 23.2. The van der Waals surface area contributed by atoms with Gasteiger partial charge in [0, 0.05) is 6.54 Å². The van der Waals surface area contributed by atoms with Gasteiger partial charge in [0.1, 0.15) is 5.75 Å². The Kier molecular flexibility index (Phi) is 4.43. The van der Waals surface area contributed by atoms with Gasteiger partial charge in [0.05, 0.1) is 32.3 Å². The lowest BCUT2D eigenvalue weighted by atomic mass is 10.1. The number of benzene rings is 1. The van der Waals surface area contributed by atoms with Crippen molar-refractivity contribution in [2.45, 2.75) is 32.4 Å². The highest BCUT2D eigenvalue weighted by Crippen LogP contribution is 2.16. The van der Waals surface area contributed by atoms with E-state index in [4.69, 9.17) is 9.47 Å². The SMILES string of the molecule is COc1ccc(CC(=O)N2CC(C)OCC2C)cc1. The monoisotopic (exact) mass is 263 g/mol. The van der Waals surface area contributed by atoms with Crippen LogP contribution in [-0.4, -0.2) is 43.2 Å². The van der Waals surface area contributed by atoms with Gasteiger partial charge >= 0.3 is 0 Å². The number of amides is 1. The van der Waals surface area contributed by atoms with Crippen LogP contribution < -0.4 is 4.74 Å². The molecule has 1 aromatic carbocycles. The molecular formula is C15H21NO3. The highest BCUT2D eigenvalue weighted by molar-refractivity contribution is 5.79. The van der Waals surface area contributed by atoms with Gasteiger partial charge in [-0.1, -0.05) is 12.1 Å². The van der Waals surface area contributed by atoms with E-state index in [-0.39, 0.29) is 18.1 Å². The van der Waals surface area contributed by atoms with E-state index >= 15 is 0 Å².